The Hall–Kier alpha value is -2.01. The molecule has 1 atom stereocenters. The second-order valence-corrected chi connectivity index (χ2v) is 11.8. The maximum atomic E-state index is 14.4. The molecule has 2 aromatic heterocycles. The average Bonchev–Trinajstić information content (AvgIpc) is 3.22. The van der Waals surface area contributed by atoms with Gasteiger partial charge in [-0.25, -0.2) is 14.0 Å². The lowest BCUT2D eigenvalue weighted by Crippen LogP contribution is -2.31. The van der Waals surface area contributed by atoms with E-state index in [0.717, 1.165) is 36.4 Å². The van der Waals surface area contributed by atoms with E-state index < -0.39 is 24.0 Å². The van der Waals surface area contributed by atoms with Crippen LogP contribution in [0.5, 0.6) is 0 Å². The lowest BCUT2D eigenvalue weighted by molar-refractivity contribution is -0.0469. The zero-order valence-corrected chi connectivity index (χ0v) is 21.2. The Morgan fingerprint density at radius 3 is 2.73 bits per heavy atom. The van der Waals surface area contributed by atoms with Crippen LogP contribution in [0.15, 0.2) is 0 Å². The zero-order valence-electron chi connectivity index (χ0n) is 19.6. The van der Waals surface area contributed by atoms with E-state index in [2.05, 4.69) is 29.5 Å². The average molecular weight is 496 g/mol. The molecule has 0 bridgehead atoms. The van der Waals surface area contributed by atoms with Crippen molar-refractivity contribution in [3.63, 3.8) is 0 Å². The van der Waals surface area contributed by atoms with E-state index in [9.17, 15) is 14.0 Å². The van der Waals surface area contributed by atoms with Crippen molar-refractivity contribution in [3.05, 3.63) is 36.9 Å². The maximum absolute atomic E-state index is 14.4. The van der Waals surface area contributed by atoms with Crippen molar-refractivity contribution >= 4 is 39.7 Å². The van der Waals surface area contributed by atoms with Crippen LogP contribution in [0.1, 0.15) is 68.8 Å². The van der Waals surface area contributed by atoms with Crippen LogP contribution in [0.3, 0.4) is 0 Å². The standard InChI is InChI=1S/C23H30FN3O4S2/c1-12-15(13-6-8-27(5)11-16(13)32-12)10-25-22(29)26-20-17(21(28)31-23(2,3)4)14-7-9-30-19(24)18(14)33-20/h19H,6-11H2,1-5H3,(H2,25,26,29). The second-order valence-electron chi connectivity index (χ2n) is 9.42. The highest BCUT2D eigenvalue weighted by molar-refractivity contribution is 7.17. The SMILES string of the molecule is Cc1sc2c(c1CNC(=O)Nc1sc3c(c1C(=O)OC(C)(C)C)CCOC3F)CCN(C)C2. The molecule has 2 aliphatic heterocycles. The number of ether oxygens (including phenoxy) is 2. The highest BCUT2D eigenvalue weighted by Crippen LogP contribution is 2.42. The number of urea groups is 1. The van der Waals surface area contributed by atoms with Crippen LogP contribution < -0.4 is 10.6 Å². The van der Waals surface area contributed by atoms with Gasteiger partial charge in [0.25, 0.3) is 0 Å². The molecule has 0 saturated heterocycles. The monoisotopic (exact) mass is 495 g/mol. The number of nitrogens with one attached hydrogen (secondary N) is 2. The van der Waals surface area contributed by atoms with Crippen molar-refractivity contribution in [1.82, 2.24) is 10.2 Å². The van der Waals surface area contributed by atoms with Crippen molar-refractivity contribution in [3.8, 4) is 0 Å². The zero-order chi connectivity index (χ0) is 23.9. The molecule has 33 heavy (non-hydrogen) atoms. The minimum atomic E-state index is -1.61. The summed E-state index contributed by atoms with van der Waals surface area (Å²) in [7, 11) is 2.11. The number of likely N-dealkylation sites (N-methyl/N-ethyl adjacent to an activating group) is 1. The summed E-state index contributed by atoms with van der Waals surface area (Å²) in [5.74, 6) is -0.573. The minimum absolute atomic E-state index is 0.171. The first-order valence-electron chi connectivity index (χ1n) is 11.0. The smallest absolute Gasteiger partial charge is 0.341 e. The molecule has 2 N–H and O–H groups in total. The molecule has 7 nitrogen and oxygen atoms in total. The summed E-state index contributed by atoms with van der Waals surface area (Å²) in [4.78, 5) is 30.9. The topological polar surface area (TPSA) is 79.9 Å². The van der Waals surface area contributed by atoms with Gasteiger partial charge in [0.05, 0.1) is 17.0 Å². The Balaban J connectivity index is 1.52. The van der Waals surface area contributed by atoms with E-state index in [0.29, 0.717) is 23.4 Å². The van der Waals surface area contributed by atoms with Crippen molar-refractivity contribution in [1.29, 1.82) is 0 Å². The number of halogens is 1. The van der Waals surface area contributed by atoms with Gasteiger partial charge in [0.15, 0.2) is 0 Å². The lowest BCUT2D eigenvalue weighted by Gasteiger charge is -2.23. The van der Waals surface area contributed by atoms with Gasteiger partial charge in [0, 0.05) is 29.4 Å². The molecule has 0 aliphatic carbocycles. The largest absolute Gasteiger partial charge is 0.456 e. The first-order valence-corrected chi connectivity index (χ1v) is 12.6. The Morgan fingerprint density at radius 2 is 2.00 bits per heavy atom. The fourth-order valence-electron chi connectivity index (χ4n) is 4.17. The molecule has 2 amide bonds. The third-order valence-corrected chi connectivity index (χ3v) is 8.01. The number of nitrogens with zero attached hydrogens (tertiary/aromatic N) is 1. The van der Waals surface area contributed by atoms with E-state index in [4.69, 9.17) is 9.47 Å². The van der Waals surface area contributed by atoms with Crippen LogP contribution in [0, 0.1) is 6.92 Å². The number of carbonyl (C=O) groups is 2. The van der Waals surface area contributed by atoms with Crippen molar-refractivity contribution in [2.45, 2.75) is 65.6 Å². The van der Waals surface area contributed by atoms with Gasteiger partial charge in [-0.1, -0.05) is 0 Å². The third-order valence-electron chi connectivity index (χ3n) is 5.68. The number of aryl methyl sites for hydroxylation is 1. The number of amides is 2. The highest BCUT2D eigenvalue weighted by atomic mass is 32.1. The summed E-state index contributed by atoms with van der Waals surface area (Å²) in [6, 6.07) is -0.443. The molecule has 0 aromatic carbocycles. The van der Waals surface area contributed by atoms with E-state index >= 15 is 0 Å². The minimum Gasteiger partial charge on any atom is -0.456 e. The summed E-state index contributed by atoms with van der Waals surface area (Å²) < 4.78 is 25.0. The van der Waals surface area contributed by atoms with Crippen LogP contribution in [-0.2, 0) is 35.4 Å². The van der Waals surface area contributed by atoms with E-state index in [1.54, 1.807) is 32.1 Å². The molecule has 2 aliphatic rings. The fourth-order valence-corrected chi connectivity index (χ4v) is 6.65. The molecule has 4 rings (SSSR count). The third kappa shape index (κ3) is 5.24. The molecule has 1 unspecified atom stereocenters. The van der Waals surface area contributed by atoms with E-state index in [1.807, 2.05) is 0 Å². The number of hydrogen-bond donors (Lipinski definition) is 2. The fraction of sp³-hybridized carbons (Fsp3) is 0.565. The highest BCUT2D eigenvalue weighted by Gasteiger charge is 2.34. The molecular formula is C23H30FN3O4S2. The predicted octanol–water partition coefficient (Wildman–Crippen LogP) is 4.92. The Kier molecular flexibility index (Phi) is 6.82. The van der Waals surface area contributed by atoms with Crippen molar-refractivity contribution in [2.24, 2.45) is 0 Å². The van der Waals surface area contributed by atoms with Gasteiger partial charge in [-0.3, -0.25) is 5.32 Å². The molecule has 0 saturated carbocycles. The number of fused-ring (bicyclic) bond motifs is 2. The molecular weight excluding hydrogens is 465 g/mol. The summed E-state index contributed by atoms with van der Waals surface area (Å²) in [6.07, 6.45) is -0.261. The van der Waals surface area contributed by atoms with E-state index in [-0.39, 0.29) is 17.2 Å². The van der Waals surface area contributed by atoms with Crippen LogP contribution in [0.4, 0.5) is 14.2 Å². The Labute approximate surface area is 201 Å². The molecule has 4 heterocycles. The van der Waals surface area contributed by atoms with Crippen molar-refractivity contribution < 1.29 is 23.5 Å². The van der Waals surface area contributed by atoms with Crippen LogP contribution in [-0.4, -0.2) is 42.7 Å². The summed E-state index contributed by atoms with van der Waals surface area (Å²) in [6.45, 7) is 9.88. The number of hydrogen-bond acceptors (Lipinski definition) is 7. The second kappa shape index (κ2) is 9.32. The lowest BCUT2D eigenvalue weighted by atomic mass is 10.0. The number of thiophene rings is 2. The van der Waals surface area contributed by atoms with Gasteiger partial charge in [0.1, 0.15) is 10.6 Å². The normalized spacial score (nSPS) is 18.4. The van der Waals surface area contributed by atoms with Gasteiger partial charge in [-0.2, -0.15) is 0 Å². The first-order chi connectivity index (χ1) is 15.5. The number of carbonyl (C=O) groups excluding carboxylic acids is 2. The predicted molar refractivity (Wildman–Crippen MR) is 128 cm³/mol. The molecule has 0 radical (unpaired) electrons. The molecule has 2 aromatic rings. The molecule has 180 valence electrons. The summed E-state index contributed by atoms with van der Waals surface area (Å²) >= 11 is 2.80. The van der Waals surface area contributed by atoms with Gasteiger partial charge < -0.3 is 19.7 Å². The van der Waals surface area contributed by atoms with Gasteiger partial charge in [-0.15, -0.1) is 22.7 Å². The molecule has 0 spiro atoms. The van der Waals surface area contributed by atoms with Crippen LogP contribution in [0.25, 0.3) is 0 Å². The molecule has 0 fully saturated rings. The van der Waals surface area contributed by atoms with Crippen molar-refractivity contribution in [2.75, 3.05) is 25.5 Å². The maximum Gasteiger partial charge on any atom is 0.341 e. The number of rotatable bonds is 4. The summed E-state index contributed by atoms with van der Waals surface area (Å²) in [5, 5.41) is 5.96. The Bertz CT molecular complexity index is 1070. The first kappa shape index (κ1) is 24.1. The van der Waals surface area contributed by atoms with Crippen LogP contribution >= 0.6 is 22.7 Å². The van der Waals surface area contributed by atoms with E-state index in [1.165, 1.54) is 15.3 Å². The van der Waals surface area contributed by atoms with Gasteiger partial charge >= 0.3 is 12.0 Å². The quantitative estimate of drug-likeness (QED) is 0.589. The summed E-state index contributed by atoms with van der Waals surface area (Å²) in [5.41, 5.74) is 2.55. The molecule has 10 heteroatoms. The Morgan fingerprint density at radius 1 is 1.24 bits per heavy atom. The number of alkyl halides is 1. The van der Waals surface area contributed by atoms with Gasteiger partial charge in [-0.05, 0) is 64.3 Å². The van der Waals surface area contributed by atoms with Gasteiger partial charge in [0.2, 0.25) is 6.36 Å². The number of esters is 1. The van der Waals surface area contributed by atoms with Crippen LogP contribution in [0.2, 0.25) is 0 Å². The number of anilines is 1.